The molecular formula is C16H21NO2. The van der Waals surface area contributed by atoms with Gasteiger partial charge in [0, 0.05) is 16.7 Å². The third-order valence-corrected chi connectivity index (χ3v) is 4.27. The van der Waals surface area contributed by atoms with E-state index in [9.17, 15) is 9.59 Å². The zero-order chi connectivity index (χ0) is 13.9. The smallest absolute Gasteiger partial charge is 0.230 e. The van der Waals surface area contributed by atoms with Crippen LogP contribution in [0.15, 0.2) is 24.3 Å². The monoisotopic (exact) mass is 259 g/mol. The van der Waals surface area contributed by atoms with Crippen LogP contribution in [0.2, 0.25) is 0 Å². The Hall–Kier alpha value is -1.64. The number of rotatable bonds is 4. The molecule has 1 fully saturated rings. The summed E-state index contributed by atoms with van der Waals surface area (Å²) in [4.78, 5) is 23.6. The molecule has 19 heavy (non-hydrogen) atoms. The minimum atomic E-state index is -0.181. The van der Waals surface area contributed by atoms with Gasteiger partial charge in [-0.2, -0.15) is 0 Å². The molecular weight excluding hydrogens is 238 g/mol. The molecule has 1 saturated carbocycles. The first-order chi connectivity index (χ1) is 9.07. The molecule has 0 bridgehead atoms. The summed E-state index contributed by atoms with van der Waals surface area (Å²) >= 11 is 0. The maximum atomic E-state index is 12.4. The predicted octanol–water partition coefficient (Wildman–Crippen LogP) is 3.80. The normalized spacial score (nSPS) is 17.2. The van der Waals surface area contributed by atoms with Crippen molar-refractivity contribution in [3.63, 3.8) is 0 Å². The Morgan fingerprint density at radius 3 is 2.21 bits per heavy atom. The fraction of sp³-hybridized carbons (Fsp3) is 0.500. The minimum absolute atomic E-state index is 0.0405. The molecule has 0 atom stereocenters. The largest absolute Gasteiger partial charge is 0.326 e. The zero-order valence-electron chi connectivity index (χ0n) is 11.7. The third kappa shape index (κ3) is 2.86. The Morgan fingerprint density at radius 1 is 1.16 bits per heavy atom. The first-order valence-electron chi connectivity index (χ1n) is 7.00. The Morgan fingerprint density at radius 2 is 1.74 bits per heavy atom. The Bertz CT molecular complexity index is 470. The van der Waals surface area contributed by atoms with Gasteiger partial charge in [-0.05, 0) is 50.5 Å². The molecule has 0 heterocycles. The van der Waals surface area contributed by atoms with Gasteiger partial charge < -0.3 is 5.32 Å². The van der Waals surface area contributed by atoms with Crippen molar-refractivity contribution in [3.8, 4) is 0 Å². The van der Waals surface area contributed by atoms with Crippen LogP contribution >= 0.6 is 0 Å². The number of hydrogen-bond acceptors (Lipinski definition) is 2. The van der Waals surface area contributed by atoms with Gasteiger partial charge in [-0.15, -0.1) is 0 Å². The molecule has 0 radical (unpaired) electrons. The number of hydrogen-bond donors (Lipinski definition) is 1. The summed E-state index contributed by atoms with van der Waals surface area (Å²) in [7, 11) is 0. The highest BCUT2D eigenvalue weighted by Crippen LogP contribution is 2.41. The average Bonchev–Trinajstić information content (AvgIpc) is 2.89. The van der Waals surface area contributed by atoms with Crippen LogP contribution in [0, 0.1) is 5.41 Å². The van der Waals surface area contributed by atoms with Gasteiger partial charge >= 0.3 is 0 Å². The number of anilines is 1. The number of amides is 1. The predicted molar refractivity (Wildman–Crippen MR) is 76.3 cm³/mol. The van der Waals surface area contributed by atoms with E-state index in [1.807, 2.05) is 0 Å². The molecule has 2 rings (SSSR count). The van der Waals surface area contributed by atoms with Crippen LogP contribution in [0.5, 0.6) is 0 Å². The molecule has 102 valence electrons. The summed E-state index contributed by atoms with van der Waals surface area (Å²) in [6, 6.07) is 7.11. The van der Waals surface area contributed by atoms with Crippen molar-refractivity contribution in [1.82, 2.24) is 0 Å². The highest BCUT2D eigenvalue weighted by Gasteiger charge is 2.39. The standard InChI is InChI=1S/C16H21NO2/c1-3-16(10-4-5-11-16)15(19)17-14-8-6-13(7-9-14)12(2)18/h6-9H,3-5,10-11H2,1-2H3,(H,17,19). The molecule has 0 spiro atoms. The summed E-state index contributed by atoms with van der Waals surface area (Å²) < 4.78 is 0. The summed E-state index contributed by atoms with van der Waals surface area (Å²) in [6.07, 6.45) is 5.15. The van der Waals surface area contributed by atoms with Crippen LogP contribution in [0.4, 0.5) is 5.69 Å². The van der Waals surface area contributed by atoms with Crippen LogP contribution in [0.3, 0.4) is 0 Å². The highest BCUT2D eigenvalue weighted by atomic mass is 16.2. The summed E-state index contributed by atoms with van der Waals surface area (Å²) in [5.41, 5.74) is 1.26. The van der Waals surface area contributed by atoms with E-state index in [1.165, 1.54) is 6.92 Å². The molecule has 1 aromatic carbocycles. The Balaban J connectivity index is 2.08. The molecule has 1 amide bonds. The van der Waals surface area contributed by atoms with Gasteiger partial charge in [0.25, 0.3) is 0 Å². The van der Waals surface area contributed by atoms with Crippen LogP contribution < -0.4 is 5.32 Å². The summed E-state index contributed by atoms with van der Waals surface area (Å²) in [5.74, 6) is 0.168. The lowest BCUT2D eigenvalue weighted by atomic mass is 9.82. The molecule has 1 aromatic rings. The molecule has 1 aliphatic carbocycles. The number of carbonyl (C=O) groups excluding carboxylic acids is 2. The van der Waals surface area contributed by atoms with Gasteiger partial charge in [-0.3, -0.25) is 9.59 Å². The average molecular weight is 259 g/mol. The first-order valence-corrected chi connectivity index (χ1v) is 7.00. The van der Waals surface area contributed by atoms with E-state index in [-0.39, 0.29) is 17.1 Å². The SMILES string of the molecule is CCC1(C(=O)Nc2ccc(C(C)=O)cc2)CCCC1. The molecule has 0 unspecified atom stereocenters. The molecule has 1 aliphatic rings. The second-order valence-electron chi connectivity index (χ2n) is 5.43. The number of Topliss-reactive ketones (excluding diaryl/α,β-unsaturated/α-hetero) is 1. The fourth-order valence-corrected chi connectivity index (χ4v) is 2.84. The molecule has 3 heteroatoms. The Kier molecular flexibility index (Phi) is 4.03. The first kappa shape index (κ1) is 13.8. The lowest BCUT2D eigenvalue weighted by Crippen LogP contribution is -2.33. The van der Waals surface area contributed by atoms with E-state index in [0.29, 0.717) is 5.56 Å². The quantitative estimate of drug-likeness (QED) is 0.836. The van der Waals surface area contributed by atoms with Crippen molar-refractivity contribution >= 4 is 17.4 Å². The lowest BCUT2D eigenvalue weighted by Gasteiger charge is -2.26. The van der Waals surface area contributed by atoms with E-state index in [0.717, 1.165) is 37.8 Å². The van der Waals surface area contributed by atoms with Crippen molar-refractivity contribution < 1.29 is 9.59 Å². The van der Waals surface area contributed by atoms with Crippen molar-refractivity contribution in [1.29, 1.82) is 0 Å². The van der Waals surface area contributed by atoms with E-state index in [2.05, 4.69) is 12.2 Å². The molecule has 0 aliphatic heterocycles. The van der Waals surface area contributed by atoms with E-state index < -0.39 is 0 Å². The van der Waals surface area contributed by atoms with Gasteiger partial charge in [0.05, 0.1) is 0 Å². The Labute approximate surface area is 114 Å². The van der Waals surface area contributed by atoms with E-state index in [1.54, 1.807) is 24.3 Å². The molecule has 1 N–H and O–H groups in total. The second-order valence-corrected chi connectivity index (χ2v) is 5.43. The van der Waals surface area contributed by atoms with Crippen LogP contribution in [0.1, 0.15) is 56.3 Å². The number of nitrogens with one attached hydrogen (secondary N) is 1. The van der Waals surface area contributed by atoms with Crippen molar-refractivity contribution in [2.45, 2.75) is 46.0 Å². The van der Waals surface area contributed by atoms with Gasteiger partial charge in [0.15, 0.2) is 5.78 Å². The van der Waals surface area contributed by atoms with Crippen LogP contribution in [-0.4, -0.2) is 11.7 Å². The minimum Gasteiger partial charge on any atom is -0.326 e. The van der Waals surface area contributed by atoms with Gasteiger partial charge in [-0.1, -0.05) is 19.8 Å². The number of benzene rings is 1. The van der Waals surface area contributed by atoms with Gasteiger partial charge in [0.1, 0.15) is 0 Å². The number of ketones is 1. The fourth-order valence-electron chi connectivity index (χ4n) is 2.84. The summed E-state index contributed by atoms with van der Waals surface area (Å²) in [5, 5.41) is 2.99. The van der Waals surface area contributed by atoms with Gasteiger partial charge in [-0.25, -0.2) is 0 Å². The topological polar surface area (TPSA) is 46.2 Å². The van der Waals surface area contributed by atoms with Crippen molar-refractivity contribution in [3.05, 3.63) is 29.8 Å². The van der Waals surface area contributed by atoms with Crippen LogP contribution in [0.25, 0.3) is 0 Å². The number of carbonyl (C=O) groups is 2. The van der Waals surface area contributed by atoms with Crippen molar-refractivity contribution in [2.24, 2.45) is 5.41 Å². The van der Waals surface area contributed by atoms with E-state index in [4.69, 9.17) is 0 Å². The van der Waals surface area contributed by atoms with Crippen molar-refractivity contribution in [2.75, 3.05) is 5.32 Å². The molecule has 0 saturated heterocycles. The van der Waals surface area contributed by atoms with Gasteiger partial charge in [0.2, 0.25) is 5.91 Å². The molecule has 0 aromatic heterocycles. The maximum Gasteiger partial charge on any atom is 0.230 e. The molecule has 3 nitrogen and oxygen atoms in total. The second kappa shape index (κ2) is 5.55. The summed E-state index contributed by atoms with van der Waals surface area (Å²) in [6.45, 7) is 3.63. The lowest BCUT2D eigenvalue weighted by molar-refractivity contribution is -0.125. The maximum absolute atomic E-state index is 12.4. The van der Waals surface area contributed by atoms with E-state index >= 15 is 0 Å². The van der Waals surface area contributed by atoms with Crippen LogP contribution in [-0.2, 0) is 4.79 Å². The highest BCUT2D eigenvalue weighted by molar-refractivity contribution is 5.97. The third-order valence-electron chi connectivity index (χ3n) is 4.27. The zero-order valence-corrected chi connectivity index (χ0v) is 11.7.